The molecule has 1 aliphatic heterocycles. The predicted octanol–water partition coefficient (Wildman–Crippen LogP) is 6.65. The van der Waals surface area contributed by atoms with Crippen LogP contribution in [0.4, 0.5) is 0 Å². The van der Waals surface area contributed by atoms with Crippen molar-refractivity contribution in [1.29, 1.82) is 0 Å². The van der Waals surface area contributed by atoms with Crippen molar-refractivity contribution in [1.82, 2.24) is 4.90 Å². The summed E-state index contributed by atoms with van der Waals surface area (Å²) in [5, 5.41) is 1.39. The lowest BCUT2D eigenvalue weighted by molar-refractivity contribution is -0.146. The standard InChI is InChI=1S/C32H41NO2Si/c1-24(2)21-29(33(22-26-15-9-6-10-16-26)23-27-17-11-7-12-18-27)30-31(25(3)32(34)35-30)36(4,5)28-19-13-8-14-20-28/h6-20,24-25,29-31H,21-23H2,1-5H3/t25-,29-,30+,31-/m0/s1. The second-order valence-electron chi connectivity index (χ2n) is 11.4. The Morgan fingerprint density at radius 1 is 0.806 bits per heavy atom. The minimum atomic E-state index is -2.03. The minimum absolute atomic E-state index is 0.0327. The average molecular weight is 500 g/mol. The van der Waals surface area contributed by atoms with Crippen molar-refractivity contribution in [3.8, 4) is 0 Å². The Morgan fingerprint density at radius 2 is 1.28 bits per heavy atom. The molecule has 4 atom stereocenters. The first-order valence-corrected chi connectivity index (χ1v) is 16.4. The van der Waals surface area contributed by atoms with Gasteiger partial charge in [0, 0.05) is 24.7 Å². The van der Waals surface area contributed by atoms with Gasteiger partial charge in [-0.05, 0) is 23.5 Å². The Kier molecular flexibility index (Phi) is 8.48. The zero-order chi connectivity index (χ0) is 25.7. The van der Waals surface area contributed by atoms with Gasteiger partial charge in [-0.2, -0.15) is 0 Å². The molecular weight excluding hydrogens is 458 g/mol. The third-order valence-corrected chi connectivity index (χ3v) is 12.2. The number of benzene rings is 3. The van der Waals surface area contributed by atoms with Crippen molar-refractivity contribution in [3.05, 3.63) is 102 Å². The first-order valence-electron chi connectivity index (χ1n) is 13.3. The number of carbonyl (C=O) groups excluding carboxylic acids is 1. The number of esters is 1. The van der Waals surface area contributed by atoms with Crippen LogP contribution in [-0.4, -0.2) is 31.1 Å². The molecule has 4 heteroatoms. The number of hydrogen-bond donors (Lipinski definition) is 0. The molecule has 0 bridgehead atoms. The zero-order valence-corrected chi connectivity index (χ0v) is 23.4. The van der Waals surface area contributed by atoms with Gasteiger partial charge in [0.05, 0.1) is 14.0 Å². The van der Waals surface area contributed by atoms with Gasteiger partial charge in [-0.1, -0.05) is 130 Å². The van der Waals surface area contributed by atoms with E-state index in [0.29, 0.717) is 5.92 Å². The Balaban J connectivity index is 1.76. The van der Waals surface area contributed by atoms with Crippen LogP contribution >= 0.6 is 0 Å². The van der Waals surface area contributed by atoms with Gasteiger partial charge in [0.15, 0.2) is 0 Å². The highest BCUT2D eigenvalue weighted by molar-refractivity contribution is 6.91. The average Bonchev–Trinajstić information content (AvgIpc) is 3.18. The van der Waals surface area contributed by atoms with Gasteiger partial charge in [0.25, 0.3) is 0 Å². The quantitative estimate of drug-likeness (QED) is 0.231. The molecule has 4 rings (SSSR count). The van der Waals surface area contributed by atoms with Crippen LogP contribution < -0.4 is 5.19 Å². The van der Waals surface area contributed by atoms with E-state index < -0.39 is 8.07 Å². The predicted molar refractivity (Wildman–Crippen MR) is 152 cm³/mol. The zero-order valence-electron chi connectivity index (χ0n) is 22.4. The fourth-order valence-electron chi connectivity index (χ4n) is 6.06. The van der Waals surface area contributed by atoms with Gasteiger partial charge in [-0.15, -0.1) is 0 Å². The summed E-state index contributed by atoms with van der Waals surface area (Å²) < 4.78 is 6.37. The fraction of sp³-hybridized carbons (Fsp3) is 0.406. The molecule has 0 N–H and O–H groups in total. The number of rotatable bonds is 10. The van der Waals surface area contributed by atoms with Crippen molar-refractivity contribution in [2.75, 3.05) is 0 Å². The number of cyclic esters (lactones) is 1. The molecule has 0 saturated carbocycles. The summed E-state index contributed by atoms with van der Waals surface area (Å²) in [6.45, 7) is 13.2. The van der Waals surface area contributed by atoms with Crippen molar-refractivity contribution >= 4 is 19.2 Å². The molecule has 3 aromatic rings. The van der Waals surface area contributed by atoms with E-state index in [2.05, 4.69) is 130 Å². The van der Waals surface area contributed by atoms with Gasteiger partial charge in [0.2, 0.25) is 0 Å². The molecule has 1 heterocycles. The van der Waals surface area contributed by atoms with Crippen LogP contribution in [0.1, 0.15) is 38.3 Å². The smallest absolute Gasteiger partial charge is 0.309 e. The topological polar surface area (TPSA) is 29.5 Å². The first-order chi connectivity index (χ1) is 17.3. The van der Waals surface area contributed by atoms with Crippen LogP contribution in [0.2, 0.25) is 18.6 Å². The maximum absolute atomic E-state index is 13.2. The fourth-order valence-corrected chi connectivity index (χ4v) is 9.99. The van der Waals surface area contributed by atoms with Crippen LogP contribution in [0.25, 0.3) is 0 Å². The van der Waals surface area contributed by atoms with E-state index in [4.69, 9.17) is 4.74 Å². The molecule has 36 heavy (non-hydrogen) atoms. The second-order valence-corrected chi connectivity index (χ2v) is 16.1. The molecule has 1 saturated heterocycles. The van der Waals surface area contributed by atoms with Crippen LogP contribution in [0.5, 0.6) is 0 Å². The van der Waals surface area contributed by atoms with E-state index in [1.54, 1.807) is 0 Å². The Labute approximate surface area is 218 Å². The molecule has 0 spiro atoms. The van der Waals surface area contributed by atoms with Crippen molar-refractivity contribution in [2.45, 2.75) is 71.1 Å². The van der Waals surface area contributed by atoms with Crippen LogP contribution in [0.3, 0.4) is 0 Å². The maximum atomic E-state index is 13.2. The Bertz CT molecular complexity index is 1060. The number of hydrogen-bond acceptors (Lipinski definition) is 3. The normalized spacial score (nSPS) is 21.1. The molecule has 0 aliphatic carbocycles. The highest BCUT2D eigenvalue weighted by atomic mass is 28.3. The highest BCUT2D eigenvalue weighted by Crippen LogP contribution is 2.45. The number of nitrogens with zero attached hydrogens (tertiary/aromatic N) is 1. The van der Waals surface area contributed by atoms with Crippen molar-refractivity contribution < 1.29 is 9.53 Å². The highest BCUT2D eigenvalue weighted by Gasteiger charge is 2.54. The lowest BCUT2D eigenvalue weighted by Gasteiger charge is -2.42. The molecule has 1 aliphatic rings. The minimum Gasteiger partial charge on any atom is -0.460 e. The summed E-state index contributed by atoms with van der Waals surface area (Å²) in [6.07, 6.45) is 0.865. The summed E-state index contributed by atoms with van der Waals surface area (Å²) in [7, 11) is -2.03. The molecule has 1 fully saturated rings. The molecule has 0 aromatic heterocycles. The van der Waals surface area contributed by atoms with E-state index in [0.717, 1.165) is 19.5 Å². The van der Waals surface area contributed by atoms with Crippen molar-refractivity contribution in [2.24, 2.45) is 11.8 Å². The van der Waals surface area contributed by atoms with Gasteiger partial charge in [-0.25, -0.2) is 0 Å². The summed E-state index contributed by atoms with van der Waals surface area (Å²) in [5.41, 5.74) is 2.79. The van der Waals surface area contributed by atoms with Crippen LogP contribution in [0.15, 0.2) is 91.0 Å². The van der Waals surface area contributed by atoms with E-state index in [9.17, 15) is 4.79 Å². The Hall–Kier alpha value is -2.69. The molecule has 0 amide bonds. The van der Waals surface area contributed by atoms with E-state index in [1.807, 2.05) is 0 Å². The lowest BCUT2D eigenvalue weighted by Crippen LogP contribution is -2.55. The van der Waals surface area contributed by atoms with Gasteiger partial charge in [0.1, 0.15) is 6.10 Å². The molecular formula is C32H41NO2Si. The SMILES string of the molecule is CC(C)C[C@@H]([C@H]1OC(=O)[C@@H](C)[C@@H]1[Si](C)(C)c1ccccc1)N(Cc1ccccc1)Cc1ccccc1. The summed E-state index contributed by atoms with van der Waals surface area (Å²) in [6, 6.07) is 32.4. The number of ether oxygens (including phenoxy) is 1. The van der Waals surface area contributed by atoms with E-state index in [1.165, 1.54) is 16.3 Å². The monoisotopic (exact) mass is 499 g/mol. The largest absolute Gasteiger partial charge is 0.460 e. The van der Waals surface area contributed by atoms with Gasteiger partial charge >= 0.3 is 5.97 Å². The summed E-state index contributed by atoms with van der Waals surface area (Å²) in [5.74, 6) is 0.359. The van der Waals surface area contributed by atoms with E-state index in [-0.39, 0.29) is 29.6 Å². The maximum Gasteiger partial charge on any atom is 0.309 e. The molecule has 0 unspecified atom stereocenters. The van der Waals surface area contributed by atoms with Crippen molar-refractivity contribution in [3.63, 3.8) is 0 Å². The molecule has 3 nitrogen and oxygen atoms in total. The van der Waals surface area contributed by atoms with Gasteiger partial charge in [-0.3, -0.25) is 9.69 Å². The number of carbonyl (C=O) groups is 1. The molecule has 0 radical (unpaired) electrons. The molecule has 190 valence electrons. The molecule has 3 aromatic carbocycles. The van der Waals surface area contributed by atoms with Crippen LogP contribution in [0, 0.1) is 11.8 Å². The summed E-state index contributed by atoms with van der Waals surface area (Å²) in [4.78, 5) is 15.8. The summed E-state index contributed by atoms with van der Waals surface area (Å²) >= 11 is 0. The van der Waals surface area contributed by atoms with E-state index >= 15 is 0 Å². The van der Waals surface area contributed by atoms with Gasteiger partial charge < -0.3 is 4.74 Å². The Morgan fingerprint density at radius 3 is 1.75 bits per heavy atom. The van der Waals surface area contributed by atoms with Crippen LogP contribution in [-0.2, 0) is 22.6 Å². The third kappa shape index (κ3) is 5.99. The second kappa shape index (κ2) is 11.6. The third-order valence-electron chi connectivity index (χ3n) is 7.89. The first kappa shape index (κ1) is 26.4. The lowest BCUT2D eigenvalue weighted by atomic mass is 9.92.